The van der Waals surface area contributed by atoms with Crippen molar-refractivity contribution in [3.8, 4) is 28.3 Å². The van der Waals surface area contributed by atoms with Gasteiger partial charge in [-0.05, 0) is 93.5 Å². The van der Waals surface area contributed by atoms with E-state index in [0.29, 0.717) is 16.9 Å². The van der Waals surface area contributed by atoms with Crippen molar-refractivity contribution in [2.75, 3.05) is 31.1 Å². The molecule has 3 aromatic heterocycles. The Morgan fingerprint density at radius 2 is 1.77 bits per heavy atom. The average Bonchev–Trinajstić information content (AvgIpc) is 3.41. The van der Waals surface area contributed by atoms with Gasteiger partial charge in [0.2, 0.25) is 0 Å². The van der Waals surface area contributed by atoms with Crippen LogP contribution in [0.25, 0.3) is 39.5 Å². The first-order valence-corrected chi connectivity index (χ1v) is 16.0. The second-order valence-electron chi connectivity index (χ2n) is 11.1. The molecule has 2 aromatic carbocycles. The number of nitrogen functional groups attached to an aromatic ring is 1. The molecule has 8 nitrogen and oxygen atoms in total. The topological polar surface area (TPSA) is 105 Å². The number of pyridine rings is 2. The van der Waals surface area contributed by atoms with Gasteiger partial charge in [-0.3, -0.25) is 9.47 Å². The third-order valence-corrected chi connectivity index (χ3v) is 8.95. The smallest absolute Gasteiger partial charge is 0.165 e. The van der Waals surface area contributed by atoms with Crippen LogP contribution in [-0.2, 0) is 6.54 Å². The summed E-state index contributed by atoms with van der Waals surface area (Å²) in [5.41, 5.74) is 12.9. The molecule has 4 heterocycles. The van der Waals surface area contributed by atoms with Gasteiger partial charge in [0, 0.05) is 30.0 Å². The molecule has 5 aromatic rings. The number of likely N-dealkylation sites (tertiary alicyclic amines) is 1. The van der Waals surface area contributed by atoms with E-state index in [1.54, 1.807) is 13.1 Å². The lowest BCUT2D eigenvalue weighted by Gasteiger charge is -2.32. The van der Waals surface area contributed by atoms with Crippen LogP contribution < -0.4 is 11.1 Å². The van der Waals surface area contributed by atoms with Crippen molar-refractivity contribution in [1.29, 1.82) is 0 Å². The van der Waals surface area contributed by atoms with E-state index in [0.717, 1.165) is 102 Å². The van der Waals surface area contributed by atoms with E-state index in [2.05, 4.69) is 56.2 Å². The Balaban J connectivity index is 1.20. The Hall–Kier alpha value is -3.89. The molecule has 1 aliphatic heterocycles. The molecule has 4 N–H and O–H groups in total. The van der Waals surface area contributed by atoms with Gasteiger partial charge in [-0.15, -0.1) is 0 Å². The number of benzene rings is 2. The highest BCUT2D eigenvalue weighted by Crippen LogP contribution is 2.32. The largest absolute Gasteiger partial charge is 0.383 e. The summed E-state index contributed by atoms with van der Waals surface area (Å²) < 4.78 is 2.09. The third kappa shape index (κ3) is 7.02. The number of aromatic nitrogens is 4. The minimum Gasteiger partial charge on any atom is -0.383 e. The highest BCUT2D eigenvalue weighted by atomic mass is 32.1. The lowest BCUT2D eigenvalue weighted by atomic mass is 10.0. The molecule has 0 bridgehead atoms. The Labute approximate surface area is 256 Å². The lowest BCUT2D eigenvalue weighted by molar-refractivity contribution is 0.191. The summed E-state index contributed by atoms with van der Waals surface area (Å²) in [6.07, 6.45) is 5.11. The molecule has 9 heteroatoms. The van der Waals surface area contributed by atoms with E-state index >= 15 is 0 Å². The molecule has 0 unspecified atom stereocenters. The summed E-state index contributed by atoms with van der Waals surface area (Å²) in [4.78, 5) is 16.9. The quantitative estimate of drug-likeness (QED) is 0.0915. The number of aliphatic hydroxyl groups is 1. The maximum Gasteiger partial charge on any atom is 0.165 e. The number of imidazole rings is 1. The Kier molecular flexibility index (Phi) is 9.24. The van der Waals surface area contributed by atoms with E-state index in [1.165, 1.54) is 5.56 Å². The number of nitrogens with one attached hydrogen (secondary N) is 1. The molecular formula is C34H39N7OS. The molecule has 0 aliphatic carbocycles. The number of hydrogen-bond acceptors (Lipinski definition) is 6. The van der Waals surface area contributed by atoms with E-state index in [1.807, 2.05) is 42.5 Å². The fraction of sp³-hybridized carbons (Fsp3) is 0.294. The van der Waals surface area contributed by atoms with Crippen LogP contribution in [-0.4, -0.2) is 66.0 Å². The maximum absolute atomic E-state index is 9.34. The molecule has 0 atom stereocenters. The predicted molar refractivity (Wildman–Crippen MR) is 180 cm³/mol. The van der Waals surface area contributed by atoms with Crippen LogP contribution in [0.2, 0.25) is 0 Å². The summed E-state index contributed by atoms with van der Waals surface area (Å²) in [5, 5.41) is 13.6. The second-order valence-corrected chi connectivity index (χ2v) is 12.5. The molecule has 1 saturated heterocycles. The van der Waals surface area contributed by atoms with Crippen LogP contribution in [0.1, 0.15) is 31.7 Å². The molecule has 222 valence electrons. The number of rotatable bonds is 10. The average molecular weight is 594 g/mol. The Bertz CT molecular complexity index is 1690. The first-order valence-electron chi connectivity index (χ1n) is 15.0. The minimum atomic E-state index is 0.440. The first-order chi connectivity index (χ1) is 21.0. The fourth-order valence-electron chi connectivity index (χ4n) is 5.69. The fourth-order valence-corrected chi connectivity index (χ4v) is 6.33. The second kappa shape index (κ2) is 13.6. The summed E-state index contributed by atoms with van der Waals surface area (Å²) in [7, 11) is 0. The van der Waals surface area contributed by atoms with Crippen LogP contribution >= 0.6 is 11.4 Å². The number of nitrogens with two attached hydrogens (primary N) is 1. The third-order valence-electron chi connectivity index (χ3n) is 7.95. The number of nitrogens with zero attached hydrogens (tertiary/aromatic N) is 5. The van der Waals surface area contributed by atoms with E-state index in [4.69, 9.17) is 15.7 Å². The standard InChI is InChI=1S/C34H39N7OS/c1-24(42)43-22-6-19-36-27-16-20-40(21-17-27)23-25-10-12-28(13-11-25)41-33(29-9-5-18-37-32(29)35)39-31-15-14-30(38-34(31)41)26-7-3-2-4-8-26/h2-5,7-15,18,27,36,42-43H,6,16-17,19-23H2,1H3,(H2,35,37). The van der Waals surface area contributed by atoms with Gasteiger partial charge in [0.05, 0.1) is 16.3 Å². The molecule has 1 aliphatic rings. The van der Waals surface area contributed by atoms with Gasteiger partial charge < -0.3 is 16.2 Å². The monoisotopic (exact) mass is 593 g/mol. The van der Waals surface area contributed by atoms with E-state index in [9.17, 15) is 5.11 Å². The van der Waals surface area contributed by atoms with Crippen molar-refractivity contribution in [3.63, 3.8) is 0 Å². The van der Waals surface area contributed by atoms with Crippen molar-refractivity contribution in [3.05, 3.63) is 90.6 Å². The van der Waals surface area contributed by atoms with Gasteiger partial charge >= 0.3 is 0 Å². The highest BCUT2D eigenvalue weighted by molar-refractivity contribution is 7.98. The van der Waals surface area contributed by atoms with Crippen LogP contribution in [0, 0.1) is 0 Å². The lowest BCUT2D eigenvalue weighted by Crippen LogP contribution is -2.42. The minimum absolute atomic E-state index is 0.440. The van der Waals surface area contributed by atoms with Crippen LogP contribution in [0.15, 0.2) is 85.1 Å². The number of aliphatic hydroxyl groups excluding tert-OH is 1. The van der Waals surface area contributed by atoms with Crippen LogP contribution in [0.3, 0.4) is 0 Å². The zero-order chi connectivity index (χ0) is 29.6. The maximum atomic E-state index is 9.34. The Morgan fingerprint density at radius 1 is 0.977 bits per heavy atom. The molecule has 6 rings (SSSR count). The summed E-state index contributed by atoms with van der Waals surface area (Å²) in [5.74, 6) is 2.18. The van der Waals surface area contributed by atoms with Gasteiger partial charge in [-0.25, -0.2) is 15.0 Å². The van der Waals surface area contributed by atoms with Crippen LogP contribution in [0.5, 0.6) is 0 Å². The molecule has 0 amide bonds. The SMILES string of the molecule is CC(O)=[SH]CCCNC1CCN(Cc2ccc(-n3c(-c4cccnc4N)nc4ccc(-c5ccccc5)nc43)cc2)CC1. The predicted octanol–water partition coefficient (Wildman–Crippen LogP) is 5.85. The first kappa shape index (κ1) is 29.2. The molecule has 0 spiro atoms. The van der Waals surface area contributed by atoms with E-state index in [-0.39, 0.29) is 0 Å². The number of hydrogen-bond donors (Lipinski definition) is 4. The molecule has 0 radical (unpaired) electrons. The number of fused-ring (bicyclic) bond motifs is 1. The van der Waals surface area contributed by atoms with Gasteiger partial charge in [0.25, 0.3) is 0 Å². The highest BCUT2D eigenvalue weighted by Gasteiger charge is 2.20. The number of thiol groups is 1. The molecular weight excluding hydrogens is 554 g/mol. The number of piperidine rings is 1. The molecule has 0 saturated carbocycles. The van der Waals surface area contributed by atoms with Crippen molar-refractivity contribution >= 4 is 33.4 Å². The van der Waals surface area contributed by atoms with Gasteiger partial charge in [-0.1, -0.05) is 42.5 Å². The molecule has 43 heavy (non-hydrogen) atoms. The zero-order valence-electron chi connectivity index (χ0n) is 24.5. The van der Waals surface area contributed by atoms with Crippen molar-refractivity contribution in [1.82, 2.24) is 29.7 Å². The van der Waals surface area contributed by atoms with E-state index < -0.39 is 0 Å². The van der Waals surface area contributed by atoms with Gasteiger partial charge in [-0.2, -0.15) is 11.4 Å². The van der Waals surface area contributed by atoms with Crippen molar-refractivity contribution < 1.29 is 5.11 Å². The van der Waals surface area contributed by atoms with Gasteiger partial charge in [0.15, 0.2) is 11.5 Å². The summed E-state index contributed by atoms with van der Waals surface area (Å²) in [6.45, 7) is 5.89. The summed E-state index contributed by atoms with van der Waals surface area (Å²) in [6, 6.07) is 27.4. The normalized spacial score (nSPS) is 15.1. The van der Waals surface area contributed by atoms with Gasteiger partial charge in [0.1, 0.15) is 11.3 Å². The van der Waals surface area contributed by atoms with Crippen LogP contribution in [0.4, 0.5) is 5.82 Å². The summed E-state index contributed by atoms with van der Waals surface area (Å²) >= 11 is 1.05. The molecule has 1 fully saturated rings. The zero-order valence-corrected chi connectivity index (χ0v) is 25.4. The number of anilines is 1. The Morgan fingerprint density at radius 3 is 2.51 bits per heavy atom. The van der Waals surface area contributed by atoms with Crippen molar-refractivity contribution in [2.45, 2.75) is 38.8 Å². The van der Waals surface area contributed by atoms with Crippen molar-refractivity contribution in [2.24, 2.45) is 0 Å².